The standard InChI is InChI=1S/C14H16F2N4O2S/c1-3-6-20-13(22)18-19-14(20)23-8(2)12(21)17-11-7-9(15)4-5-10(11)16/h4-5,7-8H,3,6H2,1-2H3,(H,17,21)(H,18,22)/t8-/m0/s1. The Morgan fingerprint density at radius 2 is 2.22 bits per heavy atom. The van der Waals surface area contributed by atoms with Gasteiger partial charge in [0.2, 0.25) is 5.91 Å². The van der Waals surface area contributed by atoms with Crippen LogP contribution in [0.1, 0.15) is 20.3 Å². The predicted octanol–water partition coefficient (Wildman–Crippen LogP) is 2.38. The summed E-state index contributed by atoms with van der Waals surface area (Å²) in [5.74, 6) is -1.89. The summed E-state index contributed by atoms with van der Waals surface area (Å²) in [7, 11) is 0. The molecule has 0 bridgehead atoms. The Morgan fingerprint density at radius 1 is 1.48 bits per heavy atom. The number of benzene rings is 1. The number of hydrogen-bond acceptors (Lipinski definition) is 4. The molecule has 1 aromatic carbocycles. The maximum Gasteiger partial charge on any atom is 0.343 e. The van der Waals surface area contributed by atoms with E-state index in [1.165, 1.54) is 4.57 Å². The third-order valence-corrected chi connectivity index (χ3v) is 4.10. The minimum atomic E-state index is -0.723. The summed E-state index contributed by atoms with van der Waals surface area (Å²) in [6.45, 7) is 3.98. The number of anilines is 1. The van der Waals surface area contributed by atoms with Crippen molar-refractivity contribution >= 4 is 23.4 Å². The van der Waals surface area contributed by atoms with Gasteiger partial charge in [0, 0.05) is 12.6 Å². The van der Waals surface area contributed by atoms with E-state index in [4.69, 9.17) is 0 Å². The second kappa shape index (κ2) is 7.40. The maximum absolute atomic E-state index is 13.5. The highest BCUT2D eigenvalue weighted by atomic mass is 32.2. The molecule has 2 aromatic rings. The Bertz CT molecular complexity index is 759. The van der Waals surface area contributed by atoms with Crippen LogP contribution in [0.4, 0.5) is 14.5 Å². The van der Waals surface area contributed by atoms with Crippen molar-refractivity contribution in [1.29, 1.82) is 0 Å². The highest BCUT2D eigenvalue weighted by molar-refractivity contribution is 8.00. The molecule has 6 nitrogen and oxygen atoms in total. The summed E-state index contributed by atoms with van der Waals surface area (Å²) >= 11 is 1.06. The van der Waals surface area contributed by atoms with Crippen LogP contribution < -0.4 is 11.0 Å². The van der Waals surface area contributed by atoms with Crippen molar-refractivity contribution in [2.75, 3.05) is 5.32 Å². The lowest BCUT2D eigenvalue weighted by Gasteiger charge is -2.12. The van der Waals surface area contributed by atoms with Crippen LogP contribution in [0.5, 0.6) is 0 Å². The molecule has 1 atom stereocenters. The van der Waals surface area contributed by atoms with Gasteiger partial charge < -0.3 is 5.32 Å². The van der Waals surface area contributed by atoms with Gasteiger partial charge in [-0.2, -0.15) is 0 Å². The molecule has 0 spiro atoms. The normalized spacial score (nSPS) is 12.2. The highest BCUT2D eigenvalue weighted by Crippen LogP contribution is 2.22. The van der Waals surface area contributed by atoms with Gasteiger partial charge in [0.25, 0.3) is 0 Å². The number of thioether (sulfide) groups is 1. The molecule has 2 rings (SSSR count). The molecule has 0 aliphatic carbocycles. The second-order valence-corrected chi connectivity index (χ2v) is 6.14. The zero-order valence-corrected chi connectivity index (χ0v) is 13.4. The van der Waals surface area contributed by atoms with Gasteiger partial charge in [-0.05, 0) is 25.5 Å². The first-order valence-electron chi connectivity index (χ1n) is 7.00. The van der Waals surface area contributed by atoms with E-state index < -0.39 is 22.8 Å². The Hall–Kier alpha value is -2.16. The molecule has 9 heteroatoms. The molecule has 23 heavy (non-hydrogen) atoms. The average Bonchev–Trinajstić information content (AvgIpc) is 2.84. The summed E-state index contributed by atoms with van der Waals surface area (Å²) in [4.78, 5) is 23.7. The van der Waals surface area contributed by atoms with Crippen LogP contribution >= 0.6 is 11.8 Å². The molecule has 0 aliphatic rings. The van der Waals surface area contributed by atoms with E-state index >= 15 is 0 Å². The van der Waals surface area contributed by atoms with E-state index in [2.05, 4.69) is 15.5 Å². The fourth-order valence-corrected chi connectivity index (χ4v) is 2.74. The molecule has 1 aromatic heterocycles. The largest absolute Gasteiger partial charge is 0.343 e. The molecule has 2 N–H and O–H groups in total. The van der Waals surface area contributed by atoms with Gasteiger partial charge >= 0.3 is 5.69 Å². The lowest BCUT2D eigenvalue weighted by atomic mass is 10.3. The first-order chi connectivity index (χ1) is 10.9. The summed E-state index contributed by atoms with van der Waals surface area (Å²) in [6, 6.07) is 2.82. The summed E-state index contributed by atoms with van der Waals surface area (Å²) in [5.41, 5.74) is -0.575. The fourth-order valence-electron chi connectivity index (χ4n) is 1.85. The van der Waals surface area contributed by atoms with Crippen LogP contribution in [0.3, 0.4) is 0 Å². The van der Waals surface area contributed by atoms with Gasteiger partial charge in [-0.1, -0.05) is 18.7 Å². The number of amides is 1. The van der Waals surface area contributed by atoms with Gasteiger partial charge in [0.1, 0.15) is 11.6 Å². The molecule has 124 valence electrons. The number of nitrogens with one attached hydrogen (secondary N) is 2. The van der Waals surface area contributed by atoms with Crippen molar-refractivity contribution in [3.05, 3.63) is 40.3 Å². The molecule has 0 fully saturated rings. The van der Waals surface area contributed by atoms with Gasteiger partial charge in [0.05, 0.1) is 10.9 Å². The monoisotopic (exact) mass is 342 g/mol. The summed E-state index contributed by atoms with van der Waals surface area (Å²) < 4.78 is 28.1. The third-order valence-electron chi connectivity index (χ3n) is 3.01. The van der Waals surface area contributed by atoms with Gasteiger partial charge in [-0.25, -0.2) is 18.7 Å². The van der Waals surface area contributed by atoms with Crippen LogP contribution in [0.2, 0.25) is 0 Å². The van der Waals surface area contributed by atoms with Crippen LogP contribution in [0.25, 0.3) is 0 Å². The number of carbonyl (C=O) groups excluding carboxylic acids is 1. The van der Waals surface area contributed by atoms with Crippen molar-refractivity contribution in [2.45, 2.75) is 37.2 Å². The number of aromatic nitrogens is 3. The van der Waals surface area contributed by atoms with E-state index in [0.29, 0.717) is 11.7 Å². The molecule has 0 radical (unpaired) electrons. The van der Waals surface area contributed by atoms with E-state index in [1.807, 2.05) is 6.92 Å². The van der Waals surface area contributed by atoms with Crippen molar-refractivity contribution < 1.29 is 13.6 Å². The zero-order chi connectivity index (χ0) is 17.0. The Morgan fingerprint density at radius 3 is 2.91 bits per heavy atom. The molecule has 0 unspecified atom stereocenters. The number of rotatable bonds is 6. The number of nitrogens with zero attached hydrogens (tertiary/aromatic N) is 2. The quantitative estimate of drug-likeness (QED) is 0.790. The maximum atomic E-state index is 13.5. The molecule has 0 saturated heterocycles. The predicted molar refractivity (Wildman–Crippen MR) is 83.4 cm³/mol. The Kier molecular flexibility index (Phi) is 5.54. The highest BCUT2D eigenvalue weighted by Gasteiger charge is 2.20. The minimum absolute atomic E-state index is 0.226. The van der Waals surface area contributed by atoms with E-state index in [1.54, 1.807) is 6.92 Å². The van der Waals surface area contributed by atoms with Crippen LogP contribution in [0, 0.1) is 11.6 Å². The number of H-pyrrole nitrogens is 1. The number of halogens is 2. The fraction of sp³-hybridized carbons (Fsp3) is 0.357. The lowest BCUT2D eigenvalue weighted by molar-refractivity contribution is -0.115. The van der Waals surface area contributed by atoms with Gasteiger partial charge in [-0.15, -0.1) is 5.10 Å². The zero-order valence-electron chi connectivity index (χ0n) is 12.6. The Balaban J connectivity index is 2.08. The second-order valence-electron chi connectivity index (χ2n) is 4.84. The molecule has 1 amide bonds. The SMILES string of the molecule is CCCn1c(S[C@@H](C)C(=O)Nc2cc(F)ccc2F)n[nH]c1=O. The van der Waals surface area contributed by atoms with Crippen LogP contribution in [0.15, 0.2) is 28.2 Å². The summed E-state index contributed by atoms with van der Waals surface area (Å²) in [6.07, 6.45) is 0.738. The lowest BCUT2D eigenvalue weighted by Crippen LogP contribution is -2.24. The first-order valence-corrected chi connectivity index (χ1v) is 7.88. The van der Waals surface area contributed by atoms with E-state index in [-0.39, 0.29) is 11.4 Å². The van der Waals surface area contributed by atoms with E-state index in [9.17, 15) is 18.4 Å². The molecule has 0 aliphatic heterocycles. The minimum Gasteiger partial charge on any atom is -0.323 e. The van der Waals surface area contributed by atoms with E-state index in [0.717, 1.165) is 36.4 Å². The van der Waals surface area contributed by atoms with Crippen molar-refractivity contribution in [2.24, 2.45) is 0 Å². The molecular formula is C14H16F2N4O2S. The smallest absolute Gasteiger partial charge is 0.323 e. The van der Waals surface area contributed by atoms with Gasteiger partial charge in [-0.3, -0.25) is 9.36 Å². The topological polar surface area (TPSA) is 79.8 Å². The average molecular weight is 342 g/mol. The van der Waals surface area contributed by atoms with Crippen molar-refractivity contribution in [3.63, 3.8) is 0 Å². The number of aromatic amines is 1. The third kappa shape index (κ3) is 4.19. The van der Waals surface area contributed by atoms with Crippen LogP contribution in [-0.2, 0) is 11.3 Å². The molecule has 1 heterocycles. The van der Waals surface area contributed by atoms with Gasteiger partial charge in [0.15, 0.2) is 5.16 Å². The molecular weight excluding hydrogens is 326 g/mol. The van der Waals surface area contributed by atoms with Crippen LogP contribution in [-0.4, -0.2) is 25.9 Å². The van der Waals surface area contributed by atoms with Crippen molar-refractivity contribution in [1.82, 2.24) is 14.8 Å². The summed E-state index contributed by atoms with van der Waals surface area (Å²) in [5, 5.41) is 8.25. The van der Waals surface area contributed by atoms with Crippen molar-refractivity contribution in [3.8, 4) is 0 Å². The number of carbonyl (C=O) groups is 1. The number of hydrogen-bond donors (Lipinski definition) is 2. The molecule has 0 saturated carbocycles. The first kappa shape index (κ1) is 17.2. The Labute approximate surface area is 135 Å².